The molecule has 0 N–H and O–H groups in total. The minimum atomic E-state index is -3.35. The number of nitriles is 1. The first-order chi connectivity index (χ1) is 10.1. The van der Waals surface area contributed by atoms with Crippen LogP contribution in [0.15, 0.2) is 4.34 Å². The fourth-order valence-electron chi connectivity index (χ4n) is 0.988. The van der Waals surface area contributed by atoms with Crippen LogP contribution in [-0.2, 0) is 12.9 Å². The third kappa shape index (κ3) is 6.40. The lowest BCUT2D eigenvalue weighted by atomic mass is 10.6. The van der Waals surface area contributed by atoms with Crippen molar-refractivity contribution < 1.29 is 17.5 Å². The second kappa shape index (κ2) is 10.0. The van der Waals surface area contributed by atoms with Crippen molar-refractivity contribution in [2.24, 2.45) is 0 Å². The van der Waals surface area contributed by atoms with Gasteiger partial charge < -0.3 is 12.9 Å². The lowest BCUT2D eigenvalue weighted by molar-refractivity contribution is 0.397. The summed E-state index contributed by atoms with van der Waals surface area (Å²) < 4.78 is 29.0. The van der Waals surface area contributed by atoms with Crippen molar-refractivity contribution in [1.82, 2.24) is 4.98 Å². The Morgan fingerprint density at radius 1 is 1.29 bits per heavy atom. The summed E-state index contributed by atoms with van der Waals surface area (Å²) in [5.74, 6) is -2.45. The maximum Gasteiger partial charge on any atom is 0.413 e. The molecule has 0 aliphatic carbocycles. The van der Waals surface area contributed by atoms with Gasteiger partial charge in [-0.3, -0.25) is 0 Å². The van der Waals surface area contributed by atoms with Gasteiger partial charge in [-0.05, 0) is 19.6 Å². The Morgan fingerprint density at radius 2 is 1.90 bits per heavy atom. The van der Waals surface area contributed by atoms with E-state index in [0.29, 0.717) is 22.4 Å². The first-order valence-electron chi connectivity index (χ1n) is 6.04. The third-order valence-electron chi connectivity index (χ3n) is 1.67. The number of aromatic nitrogens is 1. The molecule has 0 radical (unpaired) electrons. The van der Waals surface area contributed by atoms with Gasteiger partial charge in [0.1, 0.15) is 29.4 Å². The summed E-state index contributed by atoms with van der Waals surface area (Å²) in [5.41, 5.74) is 0. The molecule has 1 rings (SSSR count). The van der Waals surface area contributed by atoms with Crippen molar-refractivity contribution in [2.75, 3.05) is 19.0 Å². The van der Waals surface area contributed by atoms with Crippen molar-refractivity contribution in [3.8, 4) is 11.9 Å². The van der Waals surface area contributed by atoms with Crippen LogP contribution in [0.4, 0.5) is 0 Å². The van der Waals surface area contributed by atoms with Crippen molar-refractivity contribution in [2.45, 2.75) is 25.1 Å². The van der Waals surface area contributed by atoms with E-state index >= 15 is 0 Å². The van der Waals surface area contributed by atoms with Crippen LogP contribution in [0.25, 0.3) is 0 Å². The Balaban J connectivity index is 2.91. The van der Waals surface area contributed by atoms with Gasteiger partial charge in [0.2, 0.25) is 0 Å². The number of rotatable bonds is 10. The largest absolute Gasteiger partial charge is 0.413 e. The summed E-state index contributed by atoms with van der Waals surface area (Å²) in [5, 5.41) is 9.11. The van der Waals surface area contributed by atoms with E-state index in [9.17, 15) is 4.57 Å². The average Bonchev–Trinajstić information content (AvgIpc) is 2.85. The van der Waals surface area contributed by atoms with Crippen LogP contribution in [0.1, 0.15) is 25.6 Å². The van der Waals surface area contributed by atoms with Crippen LogP contribution in [0.3, 0.4) is 0 Å². The Hall–Kier alpha value is 0.120. The molecule has 1 aromatic rings. The van der Waals surface area contributed by atoms with E-state index in [1.54, 1.807) is 13.8 Å². The molecule has 0 fully saturated rings. The Bertz CT molecular complexity index is 522. The molecule has 6 nitrogen and oxygen atoms in total. The van der Waals surface area contributed by atoms with Gasteiger partial charge in [-0.15, -0.1) is 0 Å². The molecular formula is C10H15N2O4PS4. The van der Waals surface area contributed by atoms with Crippen LogP contribution in [-0.4, -0.2) is 24.0 Å². The van der Waals surface area contributed by atoms with Crippen molar-refractivity contribution in [3.63, 3.8) is 0 Å². The molecule has 0 amide bonds. The highest BCUT2D eigenvalue weighted by atomic mass is 33.1. The standard InChI is InChI=1S/C10H15N2O4PS4/c1-4-14-20-17(13,21-15-5-2)16-9-8(7-11)19-10(12-9)18-6-3/h4-6H2,1-3H3. The van der Waals surface area contributed by atoms with E-state index in [-0.39, 0.29) is 5.88 Å². The zero-order valence-corrected chi connectivity index (χ0v) is 15.9. The zero-order valence-electron chi connectivity index (χ0n) is 11.7. The summed E-state index contributed by atoms with van der Waals surface area (Å²) in [6.45, 7) is 6.30. The fourth-order valence-corrected chi connectivity index (χ4v) is 6.79. The van der Waals surface area contributed by atoms with Gasteiger partial charge in [-0.2, -0.15) is 10.2 Å². The predicted molar refractivity (Wildman–Crippen MR) is 89.9 cm³/mol. The number of thioether (sulfide) groups is 1. The summed E-state index contributed by atoms with van der Waals surface area (Å²) in [6.07, 6.45) is 0. The molecule has 0 unspecified atom stereocenters. The molecular weight excluding hydrogens is 371 g/mol. The van der Waals surface area contributed by atoms with Gasteiger partial charge in [0.15, 0.2) is 9.22 Å². The Morgan fingerprint density at radius 3 is 2.38 bits per heavy atom. The maximum absolute atomic E-state index is 12.6. The van der Waals surface area contributed by atoms with Crippen LogP contribution >= 0.6 is 52.2 Å². The highest BCUT2D eigenvalue weighted by Gasteiger charge is 2.32. The quantitative estimate of drug-likeness (QED) is 0.314. The van der Waals surface area contributed by atoms with E-state index in [1.165, 1.54) is 23.1 Å². The minimum absolute atomic E-state index is 0.0705. The molecule has 21 heavy (non-hydrogen) atoms. The second-order valence-corrected chi connectivity index (χ2v) is 12.0. The van der Waals surface area contributed by atoms with E-state index < -0.39 is 5.77 Å². The molecule has 0 aliphatic heterocycles. The molecule has 1 aromatic heterocycles. The Labute approximate surface area is 140 Å². The molecule has 0 atom stereocenters. The van der Waals surface area contributed by atoms with Crippen molar-refractivity contribution in [3.05, 3.63) is 4.88 Å². The molecule has 0 saturated heterocycles. The average molecular weight is 386 g/mol. The number of hydrogen-bond donors (Lipinski definition) is 0. The van der Waals surface area contributed by atoms with Gasteiger partial charge in [0.25, 0.3) is 5.88 Å². The topological polar surface area (TPSA) is 81.4 Å². The monoisotopic (exact) mass is 386 g/mol. The van der Waals surface area contributed by atoms with E-state index in [0.717, 1.165) is 29.1 Å². The SMILES string of the molecule is CCOSP(=O)(Oc1nc(SCC)sc1C#N)SOCC. The van der Waals surface area contributed by atoms with Crippen LogP contribution < -0.4 is 4.52 Å². The molecule has 1 heterocycles. The Kier molecular flexibility index (Phi) is 9.13. The number of thiazole rings is 1. The van der Waals surface area contributed by atoms with E-state index in [4.69, 9.17) is 18.2 Å². The molecule has 0 spiro atoms. The van der Waals surface area contributed by atoms with Crippen molar-refractivity contribution >= 4 is 52.2 Å². The highest BCUT2D eigenvalue weighted by molar-refractivity contribution is 8.87. The van der Waals surface area contributed by atoms with E-state index in [1.807, 2.05) is 13.0 Å². The predicted octanol–water partition coefficient (Wildman–Crippen LogP) is 4.98. The second-order valence-electron chi connectivity index (χ2n) is 3.16. The molecule has 0 aliphatic rings. The smallest absolute Gasteiger partial charge is 0.405 e. The first-order valence-corrected chi connectivity index (χ1v) is 12.2. The minimum Gasteiger partial charge on any atom is -0.405 e. The normalized spacial score (nSPS) is 11.3. The van der Waals surface area contributed by atoms with Gasteiger partial charge in [0, 0.05) is 0 Å². The maximum atomic E-state index is 12.6. The van der Waals surface area contributed by atoms with Crippen LogP contribution in [0, 0.1) is 11.3 Å². The molecule has 0 saturated carbocycles. The molecule has 0 bridgehead atoms. The molecule has 0 aromatic carbocycles. The van der Waals surface area contributed by atoms with Gasteiger partial charge >= 0.3 is 5.77 Å². The lowest BCUT2D eigenvalue weighted by Gasteiger charge is -2.14. The van der Waals surface area contributed by atoms with Crippen LogP contribution in [0.5, 0.6) is 5.88 Å². The van der Waals surface area contributed by atoms with Crippen LogP contribution in [0.2, 0.25) is 0 Å². The summed E-state index contributed by atoms with van der Waals surface area (Å²) in [7, 11) is 0. The van der Waals surface area contributed by atoms with Gasteiger partial charge in [0.05, 0.1) is 13.2 Å². The fraction of sp³-hybridized carbons (Fsp3) is 0.600. The molecule has 11 heteroatoms. The number of nitrogens with zero attached hydrogens (tertiary/aromatic N) is 2. The van der Waals surface area contributed by atoms with Crippen molar-refractivity contribution in [1.29, 1.82) is 5.26 Å². The summed E-state index contributed by atoms with van der Waals surface area (Å²) >= 11 is 4.16. The molecule has 118 valence electrons. The third-order valence-corrected chi connectivity index (χ3v) is 8.35. The zero-order chi connectivity index (χ0) is 15.7. The van der Waals surface area contributed by atoms with Gasteiger partial charge in [-0.25, -0.2) is 4.57 Å². The van der Waals surface area contributed by atoms with Gasteiger partial charge in [-0.1, -0.05) is 30.0 Å². The first kappa shape index (κ1) is 19.2. The lowest BCUT2D eigenvalue weighted by Crippen LogP contribution is -1.92. The number of hydrogen-bond acceptors (Lipinski definition) is 10. The summed E-state index contributed by atoms with van der Waals surface area (Å²) in [6, 6.07) is 2.01. The van der Waals surface area contributed by atoms with E-state index in [2.05, 4.69) is 4.98 Å². The highest BCUT2D eigenvalue weighted by Crippen LogP contribution is 2.70. The summed E-state index contributed by atoms with van der Waals surface area (Å²) in [4.78, 5) is 4.49.